The van der Waals surface area contributed by atoms with Crippen LogP contribution in [0, 0.1) is 0 Å². The average molecular weight is 728 g/mol. The topological polar surface area (TPSA) is 29.5 Å². The van der Waals surface area contributed by atoms with Crippen LogP contribution in [0.4, 0.5) is 17.1 Å². The summed E-state index contributed by atoms with van der Waals surface area (Å²) in [6, 6.07) is 71.7. The summed E-state index contributed by atoms with van der Waals surface area (Å²) in [5, 5.41) is 11.8. The lowest BCUT2D eigenvalue weighted by molar-refractivity contribution is 0.669. The molecule has 57 heavy (non-hydrogen) atoms. The van der Waals surface area contributed by atoms with Crippen LogP contribution in [0.2, 0.25) is 0 Å². The Morgan fingerprint density at radius 2 is 0.789 bits per heavy atom. The number of benzene rings is 10. The van der Waals surface area contributed by atoms with Crippen LogP contribution in [-0.4, -0.2) is 0 Å². The summed E-state index contributed by atoms with van der Waals surface area (Å²) in [5.41, 5.74) is 11.5. The van der Waals surface area contributed by atoms with Gasteiger partial charge < -0.3 is 13.7 Å². The van der Waals surface area contributed by atoms with Crippen LogP contribution in [0.5, 0.6) is 0 Å². The summed E-state index contributed by atoms with van der Waals surface area (Å²) in [7, 11) is 0. The number of anilines is 3. The van der Waals surface area contributed by atoms with Gasteiger partial charge in [0, 0.05) is 44.7 Å². The Hall–Kier alpha value is -7.62. The second-order valence-electron chi connectivity index (χ2n) is 14.9. The molecule has 12 rings (SSSR count). The van der Waals surface area contributed by atoms with E-state index in [0.717, 1.165) is 61.1 Å². The lowest BCUT2D eigenvalue weighted by Crippen LogP contribution is -2.09. The van der Waals surface area contributed by atoms with Crippen molar-refractivity contribution in [1.29, 1.82) is 0 Å². The molecule has 0 spiro atoms. The molecular formula is C54H33NO2. The van der Waals surface area contributed by atoms with Crippen molar-refractivity contribution in [3.63, 3.8) is 0 Å². The van der Waals surface area contributed by atoms with Gasteiger partial charge in [0.1, 0.15) is 22.3 Å². The van der Waals surface area contributed by atoms with E-state index >= 15 is 0 Å². The van der Waals surface area contributed by atoms with Gasteiger partial charge in [-0.3, -0.25) is 0 Å². The molecule has 10 aromatic carbocycles. The molecule has 0 aliphatic rings. The lowest BCUT2D eigenvalue weighted by Gasteiger charge is -2.26. The average Bonchev–Trinajstić information content (AvgIpc) is 3.83. The first kappa shape index (κ1) is 31.7. The predicted octanol–water partition coefficient (Wildman–Crippen LogP) is 15.7. The van der Waals surface area contributed by atoms with Crippen molar-refractivity contribution in [3.05, 3.63) is 200 Å². The second-order valence-corrected chi connectivity index (χ2v) is 14.9. The van der Waals surface area contributed by atoms with Gasteiger partial charge in [-0.05, 0) is 127 Å². The third-order valence-corrected chi connectivity index (χ3v) is 11.6. The lowest BCUT2D eigenvalue weighted by atomic mass is 9.98. The molecule has 0 radical (unpaired) electrons. The summed E-state index contributed by atoms with van der Waals surface area (Å²) < 4.78 is 12.7. The van der Waals surface area contributed by atoms with Gasteiger partial charge in [-0.2, -0.15) is 0 Å². The predicted molar refractivity (Wildman–Crippen MR) is 239 cm³/mol. The zero-order chi connectivity index (χ0) is 37.5. The van der Waals surface area contributed by atoms with Crippen molar-refractivity contribution in [2.45, 2.75) is 0 Å². The summed E-state index contributed by atoms with van der Waals surface area (Å²) in [6.07, 6.45) is 0. The fourth-order valence-electron chi connectivity index (χ4n) is 8.74. The molecule has 3 nitrogen and oxygen atoms in total. The summed E-state index contributed by atoms with van der Waals surface area (Å²) >= 11 is 0. The van der Waals surface area contributed by atoms with Crippen LogP contribution in [0.3, 0.4) is 0 Å². The molecule has 0 bridgehead atoms. The molecule has 0 fully saturated rings. The normalized spacial score (nSPS) is 11.9. The Kier molecular flexibility index (Phi) is 6.93. The van der Waals surface area contributed by atoms with Crippen molar-refractivity contribution in [3.8, 4) is 22.3 Å². The maximum atomic E-state index is 6.56. The first-order chi connectivity index (χ1) is 28.2. The van der Waals surface area contributed by atoms with Gasteiger partial charge in [0.15, 0.2) is 0 Å². The first-order valence-electron chi connectivity index (χ1n) is 19.4. The molecule has 0 aliphatic carbocycles. The minimum Gasteiger partial charge on any atom is -0.456 e. The molecule has 3 heteroatoms. The van der Waals surface area contributed by atoms with E-state index in [4.69, 9.17) is 8.83 Å². The van der Waals surface area contributed by atoms with Crippen molar-refractivity contribution in [2.75, 3.05) is 4.90 Å². The second kappa shape index (κ2) is 12.5. The zero-order valence-corrected chi connectivity index (χ0v) is 30.8. The highest BCUT2D eigenvalue weighted by atomic mass is 16.3. The Morgan fingerprint density at radius 3 is 1.54 bits per heavy atom. The molecule has 0 atom stereocenters. The van der Waals surface area contributed by atoms with E-state index in [1.165, 1.54) is 54.4 Å². The summed E-state index contributed by atoms with van der Waals surface area (Å²) in [5.74, 6) is 0. The van der Waals surface area contributed by atoms with Gasteiger partial charge in [-0.15, -0.1) is 0 Å². The Morgan fingerprint density at radius 1 is 0.263 bits per heavy atom. The standard InChI is InChI=1S/C54H33NO2/c1-2-8-37-29-40(14-13-34(37)7-1)35-15-21-43(22-16-35)55(45-25-27-47-49-31-38-9-3-4-10-39(38)32-52(49)57-53(47)33-45)44-23-17-36(18-24-44)41-19-26-46-42(30-41)20-28-51-54(46)48-11-5-6-12-50(48)56-51/h1-33H. The van der Waals surface area contributed by atoms with Crippen LogP contribution in [0.15, 0.2) is 209 Å². The Bertz CT molecular complexity index is 3520. The monoisotopic (exact) mass is 727 g/mol. The van der Waals surface area contributed by atoms with E-state index in [9.17, 15) is 0 Å². The van der Waals surface area contributed by atoms with Gasteiger partial charge >= 0.3 is 0 Å². The minimum absolute atomic E-state index is 0.864. The minimum atomic E-state index is 0.864. The molecule has 0 N–H and O–H groups in total. The number of furan rings is 2. The summed E-state index contributed by atoms with van der Waals surface area (Å²) in [4.78, 5) is 2.32. The SMILES string of the molecule is c1ccc2cc(-c3ccc(N(c4ccc(-c5ccc6c(ccc7oc8ccccc8c76)c5)cc4)c4ccc5c(c4)oc4cc6ccccc6cc45)cc3)ccc2c1. The smallest absolute Gasteiger partial charge is 0.137 e. The largest absolute Gasteiger partial charge is 0.456 e. The van der Waals surface area contributed by atoms with Gasteiger partial charge in [-0.1, -0.05) is 121 Å². The molecule has 2 aromatic heterocycles. The van der Waals surface area contributed by atoms with Crippen molar-refractivity contribution in [2.24, 2.45) is 0 Å². The van der Waals surface area contributed by atoms with Crippen LogP contribution in [-0.2, 0) is 0 Å². The van der Waals surface area contributed by atoms with Crippen molar-refractivity contribution < 1.29 is 8.83 Å². The number of para-hydroxylation sites is 1. The molecule has 2 heterocycles. The van der Waals surface area contributed by atoms with E-state index in [1.54, 1.807) is 0 Å². The molecule has 0 amide bonds. The number of hydrogen-bond acceptors (Lipinski definition) is 3. The maximum absolute atomic E-state index is 6.56. The van der Waals surface area contributed by atoms with Crippen LogP contribution >= 0.6 is 0 Å². The van der Waals surface area contributed by atoms with E-state index in [0.29, 0.717) is 0 Å². The maximum Gasteiger partial charge on any atom is 0.137 e. The highest BCUT2D eigenvalue weighted by Gasteiger charge is 2.17. The third-order valence-electron chi connectivity index (χ3n) is 11.6. The Labute approximate surface area is 328 Å². The van der Waals surface area contributed by atoms with Gasteiger partial charge in [0.05, 0.1) is 0 Å². The third kappa shape index (κ3) is 5.21. The van der Waals surface area contributed by atoms with E-state index in [2.05, 4.69) is 193 Å². The van der Waals surface area contributed by atoms with Gasteiger partial charge in [0.25, 0.3) is 0 Å². The van der Waals surface area contributed by atoms with E-state index < -0.39 is 0 Å². The van der Waals surface area contributed by atoms with Crippen molar-refractivity contribution in [1.82, 2.24) is 0 Å². The van der Waals surface area contributed by atoms with Crippen LogP contribution < -0.4 is 4.90 Å². The highest BCUT2D eigenvalue weighted by molar-refractivity contribution is 6.19. The number of nitrogens with zero attached hydrogens (tertiary/aromatic N) is 1. The number of rotatable bonds is 5. The van der Waals surface area contributed by atoms with Crippen LogP contribution in [0.1, 0.15) is 0 Å². The van der Waals surface area contributed by atoms with Crippen LogP contribution in [0.25, 0.3) is 98.4 Å². The van der Waals surface area contributed by atoms with E-state index in [-0.39, 0.29) is 0 Å². The molecular weight excluding hydrogens is 695 g/mol. The fourth-order valence-corrected chi connectivity index (χ4v) is 8.74. The van der Waals surface area contributed by atoms with E-state index in [1.807, 2.05) is 12.1 Å². The molecule has 0 saturated carbocycles. The van der Waals surface area contributed by atoms with Crippen molar-refractivity contribution >= 4 is 93.3 Å². The van der Waals surface area contributed by atoms with Gasteiger partial charge in [-0.25, -0.2) is 0 Å². The molecule has 0 saturated heterocycles. The molecule has 0 unspecified atom stereocenters. The van der Waals surface area contributed by atoms with Gasteiger partial charge in [0.2, 0.25) is 0 Å². The quantitative estimate of drug-likeness (QED) is 0.177. The number of fused-ring (bicyclic) bond motifs is 10. The highest BCUT2D eigenvalue weighted by Crippen LogP contribution is 2.41. The summed E-state index contributed by atoms with van der Waals surface area (Å²) in [6.45, 7) is 0. The zero-order valence-electron chi connectivity index (χ0n) is 30.8. The molecule has 12 aromatic rings. The number of hydrogen-bond donors (Lipinski definition) is 0. The Balaban J connectivity index is 0.953. The molecule has 0 aliphatic heterocycles. The molecule has 266 valence electrons. The first-order valence-corrected chi connectivity index (χ1v) is 19.4. The fraction of sp³-hybridized carbons (Fsp3) is 0.